The van der Waals surface area contributed by atoms with Crippen LogP contribution in [0.4, 0.5) is 4.39 Å². The molecule has 2 aliphatic carbocycles. The van der Waals surface area contributed by atoms with E-state index in [1.807, 2.05) is 31.2 Å². The number of rotatable bonds is 7. The second-order valence-electron chi connectivity index (χ2n) is 11.9. The average molecular weight is 518 g/mol. The molecule has 1 saturated carbocycles. The number of methoxy groups -OCH3 is 1. The lowest BCUT2D eigenvalue weighted by atomic mass is 9.78. The van der Waals surface area contributed by atoms with Crippen LogP contribution in [0.3, 0.4) is 0 Å². The highest BCUT2D eigenvalue weighted by Crippen LogP contribution is 2.60. The number of nitrogens with zero attached hydrogens (tertiary/aromatic N) is 1. The number of hydrogen-bond donors (Lipinski definition) is 1. The van der Waals surface area contributed by atoms with E-state index in [9.17, 15) is 14.3 Å². The van der Waals surface area contributed by atoms with Gasteiger partial charge in [-0.25, -0.2) is 4.39 Å². The molecule has 0 saturated heterocycles. The molecular weight excluding hydrogens is 481 g/mol. The quantitative estimate of drug-likeness (QED) is 0.359. The number of fused-ring (bicyclic) bond motifs is 2. The maximum atomic E-state index is 14.9. The summed E-state index contributed by atoms with van der Waals surface area (Å²) in [6.07, 6.45) is 4.63. The molecule has 1 aromatic heterocycles. The van der Waals surface area contributed by atoms with Crippen LogP contribution in [0, 0.1) is 24.1 Å². The maximum Gasteiger partial charge on any atom is 0.307 e. The topological polar surface area (TPSA) is 68.7 Å². The molecule has 200 valence electrons. The predicted octanol–water partition coefficient (Wildman–Crippen LogP) is 7.19. The Morgan fingerprint density at radius 3 is 2.66 bits per heavy atom. The van der Waals surface area contributed by atoms with E-state index in [4.69, 9.17) is 9.47 Å². The van der Waals surface area contributed by atoms with Crippen LogP contribution >= 0.6 is 0 Å². The number of pyridine rings is 1. The first-order chi connectivity index (χ1) is 18.0. The fourth-order valence-corrected chi connectivity index (χ4v) is 6.29. The summed E-state index contributed by atoms with van der Waals surface area (Å²) in [5, 5.41) is 9.63. The Morgan fingerprint density at radius 1 is 1.18 bits per heavy atom. The number of hydrogen-bond acceptors (Lipinski definition) is 4. The van der Waals surface area contributed by atoms with Gasteiger partial charge in [-0.15, -0.1) is 0 Å². The van der Waals surface area contributed by atoms with Gasteiger partial charge >= 0.3 is 5.97 Å². The molecule has 1 heterocycles. The van der Waals surface area contributed by atoms with Crippen molar-refractivity contribution < 1.29 is 23.8 Å². The zero-order chi connectivity index (χ0) is 27.2. The van der Waals surface area contributed by atoms with Crippen LogP contribution in [0.1, 0.15) is 74.1 Å². The highest BCUT2D eigenvalue weighted by Gasteiger charge is 2.60. The molecule has 6 heteroatoms. The van der Waals surface area contributed by atoms with Crippen LogP contribution in [0.25, 0.3) is 11.1 Å². The number of carboxylic acid groups (broad SMARTS) is 1. The van der Waals surface area contributed by atoms with Crippen LogP contribution in [0.5, 0.6) is 5.75 Å². The molecule has 2 aromatic carbocycles. The van der Waals surface area contributed by atoms with Crippen molar-refractivity contribution in [1.29, 1.82) is 0 Å². The maximum absolute atomic E-state index is 14.9. The van der Waals surface area contributed by atoms with Crippen molar-refractivity contribution >= 4 is 5.97 Å². The molecule has 5 nitrogen and oxygen atoms in total. The third-order valence-electron chi connectivity index (χ3n) is 8.17. The van der Waals surface area contributed by atoms with Gasteiger partial charge in [-0.05, 0) is 90.1 Å². The largest absolute Gasteiger partial charge is 0.489 e. The Balaban J connectivity index is 1.46. The molecule has 38 heavy (non-hydrogen) atoms. The van der Waals surface area contributed by atoms with Crippen LogP contribution in [0.2, 0.25) is 0 Å². The van der Waals surface area contributed by atoms with E-state index in [0.717, 1.165) is 53.0 Å². The average Bonchev–Trinajstić information content (AvgIpc) is 3.59. The molecule has 3 aromatic rings. The Morgan fingerprint density at radius 2 is 1.97 bits per heavy atom. The normalized spacial score (nSPS) is 21.2. The van der Waals surface area contributed by atoms with Crippen molar-refractivity contribution in [3.05, 3.63) is 82.4 Å². The summed E-state index contributed by atoms with van der Waals surface area (Å²) in [6, 6.07) is 13.8. The first kappa shape index (κ1) is 26.4. The van der Waals surface area contributed by atoms with E-state index in [1.54, 1.807) is 13.2 Å². The van der Waals surface area contributed by atoms with E-state index >= 15 is 0 Å². The van der Waals surface area contributed by atoms with Gasteiger partial charge in [0.2, 0.25) is 0 Å². The van der Waals surface area contributed by atoms with E-state index in [0.29, 0.717) is 18.6 Å². The van der Waals surface area contributed by atoms with Crippen molar-refractivity contribution in [2.24, 2.45) is 11.3 Å². The van der Waals surface area contributed by atoms with E-state index in [-0.39, 0.29) is 28.7 Å². The van der Waals surface area contributed by atoms with Crippen molar-refractivity contribution in [3.63, 3.8) is 0 Å². The summed E-state index contributed by atoms with van der Waals surface area (Å²) in [7, 11) is 1.68. The molecule has 1 N–H and O–H groups in total. The van der Waals surface area contributed by atoms with Crippen molar-refractivity contribution in [1.82, 2.24) is 4.98 Å². The number of carbonyl (C=O) groups is 1. The summed E-state index contributed by atoms with van der Waals surface area (Å²) in [6.45, 7) is 8.50. The van der Waals surface area contributed by atoms with E-state index in [2.05, 4.69) is 37.9 Å². The summed E-state index contributed by atoms with van der Waals surface area (Å²) >= 11 is 0. The number of benzene rings is 2. The molecule has 0 amide bonds. The second-order valence-corrected chi connectivity index (χ2v) is 11.9. The molecule has 1 fully saturated rings. The fraction of sp³-hybridized carbons (Fsp3) is 0.438. The third-order valence-corrected chi connectivity index (χ3v) is 8.17. The highest BCUT2D eigenvalue weighted by atomic mass is 19.1. The van der Waals surface area contributed by atoms with Crippen LogP contribution in [0.15, 0.2) is 48.7 Å². The lowest BCUT2D eigenvalue weighted by Crippen LogP contribution is -2.21. The molecule has 0 radical (unpaired) electrons. The summed E-state index contributed by atoms with van der Waals surface area (Å²) < 4.78 is 27.1. The summed E-state index contributed by atoms with van der Waals surface area (Å²) in [4.78, 5) is 15.8. The number of aliphatic carboxylic acids is 1. The number of halogens is 1. The van der Waals surface area contributed by atoms with Gasteiger partial charge in [0.1, 0.15) is 18.2 Å². The zero-order valence-corrected chi connectivity index (χ0v) is 22.8. The second kappa shape index (κ2) is 9.81. The number of ether oxygens (including phenoxy) is 2. The van der Waals surface area contributed by atoms with Crippen molar-refractivity contribution in [2.45, 2.75) is 71.5 Å². The fourth-order valence-electron chi connectivity index (χ4n) is 6.29. The minimum Gasteiger partial charge on any atom is -0.489 e. The zero-order valence-electron chi connectivity index (χ0n) is 22.8. The minimum atomic E-state index is -0.704. The van der Waals surface area contributed by atoms with Gasteiger partial charge in [-0.1, -0.05) is 39.0 Å². The van der Waals surface area contributed by atoms with Gasteiger partial charge < -0.3 is 14.6 Å². The lowest BCUT2D eigenvalue weighted by Gasteiger charge is -2.32. The van der Waals surface area contributed by atoms with E-state index in [1.165, 1.54) is 11.8 Å². The van der Waals surface area contributed by atoms with Crippen LogP contribution in [-0.4, -0.2) is 23.2 Å². The Bertz CT molecular complexity index is 1380. The molecule has 0 aliphatic heterocycles. The van der Waals surface area contributed by atoms with Gasteiger partial charge in [0.25, 0.3) is 0 Å². The number of carboxylic acids is 1. The summed E-state index contributed by atoms with van der Waals surface area (Å²) in [5.41, 5.74) is 5.79. The number of aromatic nitrogens is 1. The minimum absolute atomic E-state index is 0.223. The molecule has 5 rings (SSSR count). The van der Waals surface area contributed by atoms with Gasteiger partial charge in [0, 0.05) is 23.8 Å². The van der Waals surface area contributed by atoms with E-state index < -0.39 is 5.97 Å². The number of aryl methyl sites for hydroxylation is 2. The van der Waals surface area contributed by atoms with Crippen LogP contribution < -0.4 is 4.74 Å². The van der Waals surface area contributed by atoms with Gasteiger partial charge in [0.15, 0.2) is 0 Å². The SMILES string of the molecule is CO[C@H](c1cc(COc2ccc3c(c2)[C@]2(CCC3)C[C@H]2C(=O)O)ccc1-c1cc(C)ncc1F)C(C)(C)C. The Kier molecular flexibility index (Phi) is 6.80. The molecule has 2 aliphatic rings. The monoisotopic (exact) mass is 517 g/mol. The predicted molar refractivity (Wildman–Crippen MR) is 145 cm³/mol. The smallest absolute Gasteiger partial charge is 0.307 e. The summed E-state index contributed by atoms with van der Waals surface area (Å²) in [5.74, 6) is -0.634. The van der Waals surface area contributed by atoms with Gasteiger partial charge in [-0.2, -0.15) is 0 Å². The lowest BCUT2D eigenvalue weighted by molar-refractivity contribution is -0.139. The van der Waals surface area contributed by atoms with Crippen molar-refractivity contribution in [2.75, 3.05) is 7.11 Å². The van der Waals surface area contributed by atoms with Gasteiger partial charge in [0.05, 0.1) is 18.2 Å². The standard InChI is InChI=1S/C32H36FNO4/c1-19-13-24(28(33)17-34-19)23-11-8-20(14-25(23)29(37-5)31(2,3)4)18-38-22-10-9-21-7-6-12-32(26(21)15-22)16-27(32)30(35)36/h8-11,13-15,17,27,29H,6-7,12,16,18H2,1-5H3,(H,35,36)/t27-,29+,32-/m0/s1. The molecule has 3 atom stereocenters. The first-order valence-electron chi connectivity index (χ1n) is 13.3. The molecular formula is C32H36FNO4. The molecule has 1 spiro atoms. The third kappa shape index (κ3) is 4.82. The molecule has 0 unspecified atom stereocenters. The Labute approximate surface area is 224 Å². The molecule has 0 bridgehead atoms. The van der Waals surface area contributed by atoms with Crippen LogP contribution in [-0.2, 0) is 28.0 Å². The van der Waals surface area contributed by atoms with Crippen molar-refractivity contribution in [3.8, 4) is 16.9 Å². The van der Waals surface area contributed by atoms with Gasteiger partial charge in [-0.3, -0.25) is 9.78 Å². The highest BCUT2D eigenvalue weighted by molar-refractivity contribution is 5.78. The Hall–Kier alpha value is -3.25. The first-order valence-corrected chi connectivity index (χ1v) is 13.3.